The molecule has 0 saturated carbocycles. The second-order valence-corrected chi connectivity index (χ2v) is 12.0. The fourth-order valence-corrected chi connectivity index (χ4v) is 6.76. The van der Waals surface area contributed by atoms with E-state index in [9.17, 15) is 31.2 Å². The summed E-state index contributed by atoms with van der Waals surface area (Å²) in [4.78, 5) is 26.0. The van der Waals surface area contributed by atoms with E-state index in [0.717, 1.165) is 18.9 Å². The Hall–Kier alpha value is -2.92. The van der Waals surface area contributed by atoms with Crippen molar-refractivity contribution in [2.24, 2.45) is 11.7 Å². The highest BCUT2D eigenvalue weighted by Crippen LogP contribution is 2.40. The highest BCUT2D eigenvalue weighted by atomic mass is 32.2. The van der Waals surface area contributed by atoms with Gasteiger partial charge in [-0.25, -0.2) is 21.6 Å². The second kappa shape index (κ2) is 10.8. The molecule has 2 amide bonds. The summed E-state index contributed by atoms with van der Waals surface area (Å²) in [5.41, 5.74) is 6.84. The van der Waals surface area contributed by atoms with Gasteiger partial charge >= 0.3 is 0 Å². The summed E-state index contributed by atoms with van der Waals surface area (Å²) in [7, 11) is -3.70. The maximum absolute atomic E-state index is 14.1. The average molecular weight is 538 g/mol. The maximum Gasteiger partial charge on any atom is 0.224 e. The van der Waals surface area contributed by atoms with Crippen molar-refractivity contribution in [1.82, 2.24) is 4.90 Å². The number of fused-ring (bicyclic) bond motifs is 2. The van der Waals surface area contributed by atoms with E-state index in [2.05, 4.69) is 5.32 Å². The van der Waals surface area contributed by atoms with Crippen molar-refractivity contribution in [2.75, 3.05) is 11.1 Å². The Kier molecular flexibility index (Phi) is 7.94. The molecule has 0 unspecified atom stereocenters. The Bertz CT molecular complexity index is 1270. The first kappa shape index (κ1) is 27.1. The molecule has 11 heteroatoms. The van der Waals surface area contributed by atoms with Crippen LogP contribution in [0.25, 0.3) is 0 Å². The number of carbonyl (C=O) groups is 2. The number of nitrogens with one attached hydrogen (secondary N) is 1. The van der Waals surface area contributed by atoms with Gasteiger partial charge in [0.15, 0.2) is 21.5 Å². The minimum Gasteiger partial charge on any atom is -0.337 e. The van der Waals surface area contributed by atoms with Crippen molar-refractivity contribution < 1.29 is 31.2 Å². The van der Waals surface area contributed by atoms with Crippen molar-refractivity contribution in [3.63, 3.8) is 0 Å². The number of amides is 2. The molecular weight excluding hydrogens is 507 g/mol. The Morgan fingerprint density at radius 1 is 1.03 bits per heavy atom. The third kappa shape index (κ3) is 6.15. The van der Waals surface area contributed by atoms with Gasteiger partial charge in [-0.05, 0) is 73.9 Å². The summed E-state index contributed by atoms with van der Waals surface area (Å²) in [5, 5.41) is 2.57. The van der Waals surface area contributed by atoms with E-state index in [4.69, 9.17) is 5.73 Å². The number of nitrogens with zero attached hydrogens (tertiary/aromatic N) is 1. The molecule has 0 aromatic heterocycles. The molecule has 0 radical (unpaired) electrons. The number of piperidine rings is 1. The maximum atomic E-state index is 14.1. The highest BCUT2D eigenvalue weighted by Gasteiger charge is 2.44. The third-order valence-electron chi connectivity index (χ3n) is 7.33. The molecule has 7 nitrogen and oxygen atoms in total. The predicted octanol–water partition coefficient (Wildman–Crippen LogP) is 3.57. The average Bonchev–Trinajstić information content (AvgIpc) is 3.10. The van der Waals surface area contributed by atoms with Crippen molar-refractivity contribution >= 4 is 27.3 Å². The van der Waals surface area contributed by atoms with Crippen LogP contribution in [0, 0.1) is 23.4 Å². The summed E-state index contributed by atoms with van der Waals surface area (Å²) in [6.07, 6.45) is 2.63. The molecule has 4 rings (SSSR count). The number of benzene rings is 2. The summed E-state index contributed by atoms with van der Waals surface area (Å²) < 4.78 is 66.4. The number of halogens is 3. The Morgan fingerprint density at radius 3 is 2.22 bits per heavy atom. The monoisotopic (exact) mass is 537 g/mol. The van der Waals surface area contributed by atoms with Crippen LogP contribution in [0.15, 0.2) is 41.3 Å². The van der Waals surface area contributed by atoms with Crippen LogP contribution >= 0.6 is 0 Å². The smallest absolute Gasteiger partial charge is 0.224 e. The number of carbonyl (C=O) groups excluding carboxylic acids is 2. The first-order valence-electron chi connectivity index (χ1n) is 12.2. The number of nitrogens with two attached hydrogens (primary N) is 1. The van der Waals surface area contributed by atoms with Crippen LogP contribution in [0.3, 0.4) is 0 Å². The largest absolute Gasteiger partial charge is 0.337 e. The van der Waals surface area contributed by atoms with Gasteiger partial charge in [0.1, 0.15) is 5.82 Å². The molecule has 2 bridgehead atoms. The number of anilines is 1. The number of sulfone groups is 1. The third-order valence-corrected chi connectivity index (χ3v) is 9.06. The summed E-state index contributed by atoms with van der Waals surface area (Å²) in [6, 6.07) is 6.50. The molecule has 0 aliphatic carbocycles. The Morgan fingerprint density at radius 2 is 1.62 bits per heavy atom. The van der Waals surface area contributed by atoms with Gasteiger partial charge in [0.05, 0.1) is 10.6 Å². The number of rotatable bonds is 8. The predicted molar refractivity (Wildman–Crippen MR) is 132 cm³/mol. The van der Waals surface area contributed by atoms with E-state index in [1.54, 1.807) is 4.90 Å². The summed E-state index contributed by atoms with van der Waals surface area (Å²) in [5.74, 6) is -4.07. The molecule has 3 N–H and O–H groups in total. The fourth-order valence-electron chi connectivity index (χ4n) is 5.53. The molecule has 2 aliphatic rings. The molecule has 0 spiro atoms. The SMILES string of the molecule is CC(=O)Nc1ccc(S(=O)(=O)CCC(=O)N2[C@@H]3CC[C@H]2C[C@H]([C@H](N)Cc2cc(F)c(F)cc2F)C3)cc1. The molecule has 2 aliphatic heterocycles. The summed E-state index contributed by atoms with van der Waals surface area (Å²) in [6.45, 7) is 1.35. The minimum absolute atomic E-state index is 0.0209. The van der Waals surface area contributed by atoms with Crippen LogP contribution in [-0.4, -0.2) is 49.0 Å². The van der Waals surface area contributed by atoms with Crippen LogP contribution in [0.4, 0.5) is 18.9 Å². The van der Waals surface area contributed by atoms with Crippen molar-refractivity contribution in [1.29, 1.82) is 0 Å². The Balaban J connectivity index is 1.34. The second-order valence-electron chi connectivity index (χ2n) is 9.92. The summed E-state index contributed by atoms with van der Waals surface area (Å²) >= 11 is 0. The lowest BCUT2D eigenvalue weighted by Gasteiger charge is -2.41. The van der Waals surface area contributed by atoms with Crippen molar-refractivity contribution in [3.05, 3.63) is 59.4 Å². The van der Waals surface area contributed by atoms with Crippen LogP contribution in [0.2, 0.25) is 0 Å². The molecule has 2 aromatic carbocycles. The zero-order valence-electron chi connectivity index (χ0n) is 20.4. The van der Waals surface area contributed by atoms with E-state index in [0.29, 0.717) is 24.6 Å². The molecule has 37 heavy (non-hydrogen) atoms. The lowest BCUT2D eigenvalue weighted by molar-refractivity contribution is -0.136. The van der Waals surface area contributed by atoms with E-state index >= 15 is 0 Å². The topological polar surface area (TPSA) is 110 Å². The van der Waals surface area contributed by atoms with Crippen LogP contribution < -0.4 is 11.1 Å². The van der Waals surface area contributed by atoms with Gasteiger partial charge in [-0.2, -0.15) is 0 Å². The van der Waals surface area contributed by atoms with Gasteiger partial charge in [-0.15, -0.1) is 0 Å². The lowest BCUT2D eigenvalue weighted by atomic mass is 9.82. The Labute approximate surface area is 214 Å². The molecule has 2 aromatic rings. The zero-order chi connectivity index (χ0) is 26.9. The van der Waals surface area contributed by atoms with Gasteiger partial charge in [-0.1, -0.05) is 0 Å². The van der Waals surface area contributed by atoms with Gasteiger partial charge in [0.2, 0.25) is 11.8 Å². The van der Waals surface area contributed by atoms with E-state index in [1.165, 1.54) is 31.2 Å². The van der Waals surface area contributed by atoms with Crippen LogP contribution in [0.1, 0.15) is 44.6 Å². The molecule has 4 atom stereocenters. The van der Waals surface area contributed by atoms with Crippen molar-refractivity contribution in [3.8, 4) is 0 Å². The molecular formula is C26H30F3N3O4S. The van der Waals surface area contributed by atoms with E-state index in [-0.39, 0.29) is 58.9 Å². The molecule has 2 saturated heterocycles. The lowest BCUT2D eigenvalue weighted by Crippen LogP contribution is -2.50. The first-order chi connectivity index (χ1) is 17.4. The van der Waals surface area contributed by atoms with Crippen LogP contribution in [-0.2, 0) is 25.8 Å². The minimum atomic E-state index is -3.70. The normalized spacial score (nSPS) is 22.1. The van der Waals surface area contributed by atoms with E-state index in [1.807, 2.05) is 0 Å². The quantitative estimate of drug-likeness (QED) is 0.501. The van der Waals surface area contributed by atoms with Crippen molar-refractivity contribution in [2.45, 2.75) is 68.5 Å². The van der Waals surface area contributed by atoms with Crippen LogP contribution in [0.5, 0.6) is 0 Å². The fraction of sp³-hybridized carbons (Fsp3) is 0.462. The van der Waals surface area contributed by atoms with Gasteiger partial charge in [-0.3, -0.25) is 9.59 Å². The molecule has 2 fully saturated rings. The van der Waals surface area contributed by atoms with Gasteiger partial charge in [0, 0.05) is 43.2 Å². The van der Waals surface area contributed by atoms with E-state index < -0.39 is 33.3 Å². The highest BCUT2D eigenvalue weighted by molar-refractivity contribution is 7.91. The molecule has 200 valence electrons. The van der Waals surface area contributed by atoms with Gasteiger partial charge < -0.3 is 16.0 Å². The number of hydrogen-bond acceptors (Lipinski definition) is 5. The standard InChI is InChI=1S/C26H30F3N3O4S/c1-15(33)31-18-2-6-21(7-3-18)37(35,36)9-8-26(34)32-19-4-5-20(32)11-17(10-19)25(30)13-16-12-23(28)24(29)14-22(16)27/h2-3,6-7,12,14,17,19-20,25H,4-5,8-11,13,30H2,1H3,(H,31,33)/t17-,19-,20+,25-/m1/s1. The number of hydrogen-bond donors (Lipinski definition) is 2. The van der Waals surface area contributed by atoms with Gasteiger partial charge in [0.25, 0.3) is 0 Å². The first-order valence-corrected chi connectivity index (χ1v) is 13.9. The zero-order valence-corrected chi connectivity index (χ0v) is 21.2. The molecule has 2 heterocycles.